The zero-order valence-corrected chi connectivity index (χ0v) is 24.6. The molecule has 0 radical (unpaired) electrons. The molecule has 0 spiro atoms. The first kappa shape index (κ1) is 31.1. The molecule has 11 nitrogen and oxygen atoms in total. The fraction of sp³-hybridized carbons (Fsp3) is 0.484. The minimum Gasteiger partial charge on any atom is -0.497 e. The monoisotopic (exact) mass is 580 g/mol. The molecule has 3 N–H and O–H groups in total. The highest BCUT2D eigenvalue weighted by molar-refractivity contribution is 5.99. The van der Waals surface area contributed by atoms with Crippen LogP contribution in [0.3, 0.4) is 0 Å². The number of amides is 3. The number of ether oxygens (including phenoxy) is 3. The van der Waals surface area contributed by atoms with Gasteiger partial charge in [-0.1, -0.05) is 42.0 Å². The van der Waals surface area contributed by atoms with Gasteiger partial charge in [0.25, 0.3) is 0 Å². The van der Waals surface area contributed by atoms with Gasteiger partial charge in [0.2, 0.25) is 17.7 Å². The number of Topliss-reactive ketones (excluding diaryl/α,β-unsaturated/α-hetero) is 1. The van der Waals surface area contributed by atoms with Gasteiger partial charge in [0.15, 0.2) is 5.78 Å². The Balaban J connectivity index is 1.50. The van der Waals surface area contributed by atoms with Gasteiger partial charge in [-0.25, -0.2) is 0 Å². The molecule has 0 bridgehead atoms. The van der Waals surface area contributed by atoms with Crippen molar-refractivity contribution in [2.45, 2.75) is 50.9 Å². The maximum Gasteiger partial charge on any atom is 0.243 e. The average molecular weight is 581 g/mol. The number of benzene rings is 2. The summed E-state index contributed by atoms with van der Waals surface area (Å²) in [5.74, 6) is -0.952. The van der Waals surface area contributed by atoms with E-state index in [9.17, 15) is 19.2 Å². The smallest absolute Gasteiger partial charge is 0.243 e. The molecule has 2 fully saturated rings. The van der Waals surface area contributed by atoms with E-state index in [0.717, 1.165) is 11.1 Å². The molecule has 0 aromatic heterocycles. The SMILES string of the molecule is COc1ccc(CC(NC(=O)C(C)NC(=O)CN2CCOCC2)C(=O)NC(C(=O)C2(C)CO2)c2cccc(C)c2)cc1. The van der Waals surface area contributed by atoms with Crippen molar-refractivity contribution >= 4 is 23.5 Å². The quantitative estimate of drug-likeness (QED) is 0.299. The van der Waals surface area contributed by atoms with Crippen molar-refractivity contribution in [2.24, 2.45) is 0 Å². The van der Waals surface area contributed by atoms with E-state index in [2.05, 4.69) is 16.0 Å². The summed E-state index contributed by atoms with van der Waals surface area (Å²) >= 11 is 0. The summed E-state index contributed by atoms with van der Waals surface area (Å²) in [6, 6.07) is 11.6. The van der Waals surface area contributed by atoms with Crippen molar-refractivity contribution in [3.63, 3.8) is 0 Å². The van der Waals surface area contributed by atoms with E-state index in [4.69, 9.17) is 14.2 Å². The predicted octanol–water partition coefficient (Wildman–Crippen LogP) is 1.08. The molecule has 3 amide bonds. The van der Waals surface area contributed by atoms with Gasteiger partial charge < -0.3 is 30.2 Å². The highest BCUT2D eigenvalue weighted by Gasteiger charge is 2.50. The molecule has 11 heteroatoms. The molecule has 4 unspecified atom stereocenters. The second-order valence-corrected chi connectivity index (χ2v) is 11.0. The van der Waals surface area contributed by atoms with Crippen LogP contribution in [0.4, 0.5) is 0 Å². The summed E-state index contributed by atoms with van der Waals surface area (Å²) in [6.07, 6.45) is 0.151. The van der Waals surface area contributed by atoms with Gasteiger partial charge in [0.1, 0.15) is 29.5 Å². The minimum atomic E-state index is -1.03. The normalized spacial score (nSPS) is 20.5. The first-order valence-corrected chi connectivity index (χ1v) is 14.2. The molecule has 226 valence electrons. The number of ketones is 1. The Morgan fingerprint density at radius 1 is 1.00 bits per heavy atom. The molecule has 4 atom stereocenters. The van der Waals surface area contributed by atoms with Crippen LogP contribution in [0.15, 0.2) is 48.5 Å². The van der Waals surface area contributed by atoms with Gasteiger partial charge >= 0.3 is 0 Å². The van der Waals surface area contributed by atoms with Gasteiger partial charge in [-0.3, -0.25) is 24.1 Å². The van der Waals surface area contributed by atoms with Crippen LogP contribution in [-0.2, 0) is 35.1 Å². The zero-order chi connectivity index (χ0) is 30.3. The van der Waals surface area contributed by atoms with Gasteiger partial charge in [0.05, 0.1) is 33.5 Å². The van der Waals surface area contributed by atoms with Gasteiger partial charge in [-0.15, -0.1) is 0 Å². The number of carbonyl (C=O) groups is 4. The summed E-state index contributed by atoms with van der Waals surface area (Å²) in [6.45, 7) is 8.00. The van der Waals surface area contributed by atoms with Crippen molar-refractivity contribution in [1.29, 1.82) is 0 Å². The van der Waals surface area contributed by atoms with Crippen LogP contribution in [0, 0.1) is 6.92 Å². The first-order chi connectivity index (χ1) is 20.1. The van der Waals surface area contributed by atoms with Crippen molar-refractivity contribution in [3.8, 4) is 5.75 Å². The number of nitrogens with zero attached hydrogens (tertiary/aromatic N) is 1. The van der Waals surface area contributed by atoms with E-state index in [1.165, 1.54) is 0 Å². The standard InChI is InChI=1S/C31H40N4O7/c1-20-6-5-7-23(16-20)27(28(37)31(3)19-42-31)34-30(39)25(17-22-8-10-24(40-4)11-9-22)33-29(38)21(2)32-26(36)18-35-12-14-41-15-13-35/h5-11,16,21,25,27H,12-15,17-19H2,1-4H3,(H,32,36)(H,33,38)(H,34,39). The third-order valence-corrected chi connectivity index (χ3v) is 7.50. The van der Waals surface area contributed by atoms with Crippen LogP contribution in [0.5, 0.6) is 5.75 Å². The maximum atomic E-state index is 13.8. The molecular formula is C31H40N4O7. The van der Waals surface area contributed by atoms with E-state index in [1.807, 2.05) is 30.0 Å². The number of rotatable bonds is 13. The number of morpholine rings is 1. The predicted molar refractivity (Wildman–Crippen MR) is 155 cm³/mol. The van der Waals surface area contributed by atoms with E-state index >= 15 is 0 Å². The van der Waals surface area contributed by atoms with Crippen LogP contribution in [0.1, 0.15) is 36.6 Å². The second kappa shape index (κ2) is 13.9. The lowest BCUT2D eigenvalue weighted by Gasteiger charge is -2.27. The van der Waals surface area contributed by atoms with Crippen LogP contribution >= 0.6 is 0 Å². The highest BCUT2D eigenvalue weighted by atomic mass is 16.6. The molecule has 2 aliphatic rings. The molecule has 2 aromatic rings. The van der Waals surface area contributed by atoms with Crippen LogP contribution in [0.2, 0.25) is 0 Å². The van der Waals surface area contributed by atoms with Crippen LogP contribution in [-0.4, -0.2) is 92.7 Å². The van der Waals surface area contributed by atoms with Crippen LogP contribution < -0.4 is 20.7 Å². The van der Waals surface area contributed by atoms with E-state index in [1.54, 1.807) is 51.3 Å². The molecule has 0 aliphatic carbocycles. The van der Waals surface area contributed by atoms with Crippen molar-refractivity contribution in [3.05, 3.63) is 65.2 Å². The Bertz CT molecular complexity index is 1270. The minimum absolute atomic E-state index is 0.151. The fourth-order valence-corrected chi connectivity index (χ4v) is 4.77. The van der Waals surface area contributed by atoms with Crippen molar-refractivity contribution < 1.29 is 33.4 Å². The number of aryl methyl sites for hydroxylation is 1. The molecule has 0 saturated carbocycles. The number of carbonyl (C=O) groups excluding carboxylic acids is 4. The third-order valence-electron chi connectivity index (χ3n) is 7.50. The number of nitrogens with one attached hydrogen (secondary N) is 3. The lowest BCUT2D eigenvalue weighted by molar-refractivity contribution is -0.134. The number of methoxy groups -OCH3 is 1. The first-order valence-electron chi connectivity index (χ1n) is 14.2. The summed E-state index contributed by atoms with van der Waals surface area (Å²) in [4.78, 5) is 55.0. The molecule has 2 heterocycles. The Hall–Kier alpha value is -3.80. The summed E-state index contributed by atoms with van der Waals surface area (Å²) < 4.78 is 16.0. The van der Waals surface area contributed by atoms with E-state index in [0.29, 0.717) is 37.6 Å². The number of epoxide rings is 1. The molecule has 2 aliphatic heterocycles. The highest BCUT2D eigenvalue weighted by Crippen LogP contribution is 2.33. The Kier molecular flexibility index (Phi) is 10.3. The topological polar surface area (TPSA) is 139 Å². The Morgan fingerprint density at radius 3 is 2.31 bits per heavy atom. The van der Waals surface area contributed by atoms with Crippen molar-refractivity contribution in [1.82, 2.24) is 20.9 Å². The molecule has 2 aromatic carbocycles. The molecule has 42 heavy (non-hydrogen) atoms. The lowest BCUT2D eigenvalue weighted by atomic mass is 9.93. The Labute approximate surface area is 246 Å². The second-order valence-electron chi connectivity index (χ2n) is 11.0. The number of hydrogen-bond acceptors (Lipinski definition) is 8. The third kappa shape index (κ3) is 8.37. The number of hydrogen-bond donors (Lipinski definition) is 3. The summed E-state index contributed by atoms with van der Waals surface area (Å²) in [7, 11) is 1.56. The molecular weight excluding hydrogens is 540 g/mol. The van der Waals surface area contributed by atoms with E-state index in [-0.39, 0.29) is 31.3 Å². The largest absolute Gasteiger partial charge is 0.497 e. The van der Waals surface area contributed by atoms with Crippen LogP contribution in [0.25, 0.3) is 0 Å². The van der Waals surface area contributed by atoms with Gasteiger partial charge in [-0.05, 0) is 44.0 Å². The van der Waals surface area contributed by atoms with Gasteiger partial charge in [0, 0.05) is 19.5 Å². The zero-order valence-electron chi connectivity index (χ0n) is 24.6. The Morgan fingerprint density at radius 2 is 1.69 bits per heavy atom. The molecule has 2 saturated heterocycles. The summed E-state index contributed by atoms with van der Waals surface area (Å²) in [5.41, 5.74) is 1.36. The van der Waals surface area contributed by atoms with Gasteiger partial charge in [-0.2, -0.15) is 0 Å². The summed E-state index contributed by atoms with van der Waals surface area (Å²) in [5, 5.41) is 8.38. The molecule has 4 rings (SSSR count). The average Bonchev–Trinajstić information content (AvgIpc) is 3.74. The lowest BCUT2D eigenvalue weighted by Crippen LogP contribution is -2.55. The van der Waals surface area contributed by atoms with Crippen molar-refractivity contribution in [2.75, 3.05) is 46.6 Å². The fourth-order valence-electron chi connectivity index (χ4n) is 4.77. The maximum absolute atomic E-state index is 13.8. The van der Waals surface area contributed by atoms with E-state index < -0.39 is 35.5 Å².